The lowest BCUT2D eigenvalue weighted by Gasteiger charge is -2.14. The van der Waals surface area contributed by atoms with Crippen LogP contribution in [0.4, 0.5) is 0 Å². The van der Waals surface area contributed by atoms with Gasteiger partial charge in [0.1, 0.15) is 11.1 Å². The van der Waals surface area contributed by atoms with E-state index < -0.39 is 21.4 Å². The van der Waals surface area contributed by atoms with E-state index in [1.54, 1.807) is 13.0 Å². The molecule has 1 heterocycles. The Balaban J connectivity index is 3.09. The molecular weight excluding hydrogens is 244 g/mol. The molecule has 7 heteroatoms. The predicted octanol–water partition coefficient (Wildman–Crippen LogP) is 0.874. The van der Waals surface area contributed by atoms with Gasteiger partial charge in [-0.3, -0.25) is 0 Å². The van der Waals surface area contributed by atoms with Crippen molar-refractivity contribution < 1.29 is 17.9 Å². The van der Waals surface area contributed by atoms with Crippen molar-refractivity contribution in [3.8, 4) is 0 Å². The van der Waals surface area contributed by atoms with Crippen LogP contribution in [0.3, 0.4) is 0 Å². The maximum atomic E-state index is 11.4. The summed E-state index contributed by atoms with van der Waals surface area (Å²) in [5, 5.41) is -0.753. The van der Waals surface area contributed by atoms with Crippen molar-refractivity contribution in [2.45, 2.75) is 18.5 Å². The van der Waals surface area contributed by atoms with Crippen molar-refractivity contribution >= 4 is 9.84 Å². The van der Waals surface area contributed by atoms with E-state index in [9.17, 15) is 8.42 Å². The fourth-order valence-corrected chi connectivity index (χ4v) is 1.74. The SMILES string of the molecule is COC(OC)c1ccnc(C(C)S(C)(=O)=O)n1. The Hall–Kier alpha value is -1.05. The van der Waals surface area contributed by atoms with Gasteiger partial charge in [-0.15, -0.1) is 0 Å². The minimum atomic E-state index is -3.22. The van der Waals surface area contributed by atoms with Crippen molar-refractivity contribution in [2.75, 3.05) is 20.5 Å². The van der Waals surface area contributed by atoms with Gasteiger partial charge in [-0.05, 0) is 13.0 Å². The van der Waals surface area contributed by atoms with Crippen LogP contribution in [-0.4, -0.2) is 38.9 Å². The number of sulfone groups is 1. The minimum absolute atomic E-state index is 0.240. The molecular formula is C10H16N2O4S. The highest BCUT2D eigenvalue weighted by atomic mass is 32.2. The monoisotopic (exact) mass is 260 g/mol. The standard InChI is InChI=1S/C10H16N2O4S/c1-7(17(4,13)14)9-11-6-5-8(12-9)10(15-2)16-3/h5-7,10H,1-4H3. The summed E-state index contributed by atoms with van der Waals surface area (Å²) in [6.45, 7) is 1.54. The zero-order valence-corrected chi connectivity index (χ0v) is 11.1. The first-order valence-corrected chi connectivity index (χ1v) is 6.93. The van der Waals surface area contributed by atoms with Crippen LogP contribution in [0, 0.1) is 0 Å². The van der Waals surface area contributed by atoms with E-state index >= 15 is 0 Å². The summed E-state index contributed by atoms with van der Waals surface area (Å²) >= 11 is 0. The minimum Gasteiger partial charge on any atom is -0.350 e. The molecule has 0 aromatic carbocycles. The molecule has 0 radical (unpaired) electrons. The highest BCUT2D eigenvalue weighted by molar-refractivity contribution is 7.90. The highest BCUT2D eigenvalue weighted by Gasteiger charge is 2.21. The van der Waals surface area contributed by atoms with Crippen molar-refractivity contribution in [2.24, 2.45) is 0 Å². The van der Waals surface area contributed by atoms with Crippen LogP contribution < -0.4 is 0 Å². The molecule has 0 saturated carbocycles. The number of rotatable bonds is 5. The lowest BCUT2D eigenvalue weighted by molar-refractivity contribution is -0.108. The van der Waals surface area contributed by atoms with E-state index in [2.05, 4.69) is 9.97 Å². The van der Waals surface area contributed by atoms with E-state index in [4.69, 9.17) is 9.47 Å². The fraction of sp³-hybridized carbons (Fsp3) is 0.600. The second-order valence-electron chi connectivity index (χ2n) is 3.61. The molecule has 0 N–H and O–H groups in total. The molecule has 0 fully saturated rings. The van der Waals surface area contributed by atoms with Crippen LogP contribution in [0.5, 0.6) is 0 Å². The lowest BCUT2D eigenvalue weighted by Crippen LogP contribution is -2.14. The summed E-state index contributed by atoms with van der Waals surface area (Å²) < 4.78 is 32.9. The number of ether oxygens (including phenoxy) is 2. The molecule has 0 aliphatic rings. The topological polar surface area (TPSA) is 78.4 Å². The zero-order chi connectivity index (χ0) is 13.1. The quantitative estimate of drug-likeness (QED) is 0.731. The van der Waals surface area contributed by atoms with E-state index in [1.807, 2.05) is 0 Å². The van der Waals surface area contributed by atoms with Gasteiger partial charge < -0.3 is 9.47 Å². The van der Waals surface area contributed by atoms with Crippen LogP contribution in [0.15, 0.2) is 12.3 Å². The first-order valence-electron chi connectivity index (χ1n) is 4.97. The van der Waals surface area contributed by atoms with E-state index in [0.29, 0.717) is 5.69 Å². The summed E-state index contributed by atoms with van der Waals surface area (Å²) in [5.41, 5.74) is 0.496. The maximum absolute atomic E-state index is 11.4. The van der Waals surface area contributed by atoms with Gasteiger partial charge in [-0.2, -0.15) is 0 Å². The summed E-state index contributed by atoms with van der Waals surface area (Å²) in [6, 6.07) is 1.62. The molecule has 1 unspecified atom stereocenters. The van der Waals surface area contributed by atoms with Gasteiger partial charge >= 0.3 is 0 Å². The molecule has 0 bridgehead atoms. The predicted molar refractivity (Wildman–Crippen MR) is 62.0 cm³/mol. The first-order chi connectivity index (χ1) is 7.90. The third-order valence-electron chi connectivity index (χ3n) is 2.37. The fourth-order valence-electron chi connectivity index (χ4n) is 1.24. The van der Waals surface area contributed by atoms with Crippen molar-refractivity contribution in [3.63, 3.8) is 0 Å². The Kier molecular flexibility index (Phi) is 4.55. The molecule has 0 aliphatic carbocycles. The van der Waals surface area contributed by atoms with Gasteiger partial charge in [-0.1, -0.05) is 0 Å². The van der Waals surface area contributed by atoms with Crippen LogP contribution in [-0.2, 0) is 19.3 Å². The second kappa shape index (κ2) is 5.52. The van der Waals surface area contributed by atoms with Crippen LogP contribution in [0.25, 0.3) is 0 Å². The number of aromatic nitrogens is 2. The van der Waals surface area contributed by atoms with E-state index in [0.717, 1.165) is 6.26 Å². The summed E-state index contributed by atoms with van der Waals surface area (Å²) in [4.78, 5) is 8.10. The van der Waals surface area contributed by atoms with Gasteiger partial charge in [0, 0.05) is 26.7 Å². The Morgan fingerprint density at radius 2 is 1.88 bits per heavy atom. The zero-order valence-electron chi connectivity index (χ0n) is 10.2. The third kappa shape index (κ3) is 3.45. The van der Waals surface area contributed by atoms with E-state index in [1.165, 1.54) is 20.4 Å². The maximum Gasteiger partial charge on any atom is 0.200 e. The lowest BCUT2D eigenvalue weighted by atomic mass is 10.3. The molecule has 1 aromatic rings. The number of nitrogens with zero attached hydrogens (tertiary/aromatic N) is 2. The highest BCUT2D eigenvalue weighted by Crippen LogP contribution is 2.20. The molecule has 17 heavy (non-hydrogen) atoms. The van der Waals surface area contributed by atoms with Gasteiger partial charge in [0.15, 0.2) is 9.84 Å². The average Bonchev–Trinajstić information content (AvgIpc) is 2.29. The molecule has 0 aliphatic heterocycles. The third-order valence-corrected chi connectivity index (χ3v) is 3.87. The van der Waals surface area contributed by atoms with Gasteiger partial charge in [0.05, 0.1) is 5.69 Å². The number of methoxy groups -OCH3 is 2. The molecule has 1 rings (SSSR count). The number of hydrogen-bond acceptors (Lipinski definition) is 6. The Bertz CT molecular complexity index is 471. The van der Waals surface area contributed by atoms with Gasteiger partial charge in [0.25, 0.3) is 0 Å². The molecule has 6 nitrogen and oxygen atoms in total. The Labute approximate surface area is 101 Å². The summed E-state index contributed by atoms with van der Waals surface area (Å²) in [6.07, 6.45) is 2.02. The number of hydrogen-bond donors (Lipinski definition) is 0. The normalized spacial score (nSPS) is 13.9. The van der Waals surface area contributed by atoms with E-state index in [-0.39, 0.29) is 5.82 Å². The van der Waals surface area contributed by atoms with Gasteiger partial charge in [-0.25, -0.2) is 18.4 Å². The summed E-state index contributed by atoms with van der Waals surface area (Å²) in [5.74, 6) is 0.240. The Morgan fingerprint density at radius 1 is 1.29 bits per heavy atom. The summed E-state index contributed by atoms with van der Waals surface area (Å²) in [7, 11) is -0.254. The molecule has 1 atom stereocenters. The average molecular weight is 260 g/mol. The van der Waals surface area contributed by atoms with Gasteiger partial charge in [0.2, 0.25) is 6.29 Å². The second-order valence-corrected chi connectivity index (χ2v) is 5.98. The Morgan fingerprint density at radius 3 is 2.35 bits per heavy atom. The molecule has 1 aromatic heterocycles. The smallest absolute Gasteiger partial charge is 0.200 e. The van der Waals surface area contributed by atoms with Crippen LogP contribution in [0.1, 0.15) is 30.0 Å². The van der Waals surface area contributed by atoms with Crippen LogP contribution in [0.2, 0.25) is 0 Å². The molecule has 0 amide bonds. The van der Waals surface area contributed by atoms with Crippen LogP contribution >= 0.6 is 0 Å². The van der Waals surface area contributed by atoms with Crippen molar-refractivity contribution in [1.82, 2.24) is 9.97 Å². The molecule has 0 spiro atoms. The van der Waals surface area contributed by atoms with Crippen molar-refractivity contribution in [3.05, 3.63) is 23.8 Å². The first kappa shape index (κ1) is 14.0. The largest absolute Gasteiger partial charge is 0.350 e. The van der Waals surface area contributed by atoms with Crippen molar-refractivity contribution in [1.29, 1.82) is 0 Å². The molecule has 0 saturated heterocycles. The molecule has 96 valence electrons.